The van der Waals surface area contributed by atoms with Gasteiger partial charge in [-0.15, -0.1) is 0 Å². The van der Waals surface area contributed by atoms with Crippen molar-refractivity contribution in [2.75, 3.05) is 0 Å². The monoisotopic (exact) mass is 204 g/mol. The summed E-state index contributed by atoms with van der Waals surface area (Å²) in [6, 6.07) is 0. The summed E-state index contributed by atoms with van der Waals surface area (Å²) < 4.78 is 17.8. The average Bonchev–Trinajstić information content (AvgIpc) is 1.12. The van der Waals surface area contributed by atoms with E-state index in [4.69, 9.17) is 38.5 Å². The fourth-order valence-corrected chi connectivity index (χ4v) is 0. The van der Waals surface area contributed by atoms with Crippen LogP contribution in [0.15, 0.2) is 0 Å². The predicted octanol–water partition coefficient (Wildman–Crippen LogP) is -4.74. The molecule has 0 fully saturated rings. The molecule has 0 atom stereocenters. The van der Waals surface area contributed by atoms with Crippen molar-refractivity contribution in [2.45, 2.75) is 0 Å². The fourth-order valence-electron chi connectivity index (χ4n) is 0. The van der Waals surface area contributed by atoms with Crippen LogP contribution in [0.3, 0.4) is 0 Å². The Labute approximate surface area is 75.0 Å². The van der Waals surface area contributed by atoms with Crippen LogP contribution in [0.1, 0.15) is 1.43 Å². The van der Waals surface area contributed by atoms with Crippen molar-refractivity contribution >= 4 is 15.6 Å². The molecule has 0 aromatic carbocycles. The molecule has 0 aromatic heterocycles. The Morgan fingerprint density at radius 3 is 0.727 bits per heavy atom. The molecule has 0 spiro atoms. The Morgan fingerprint density at radius 1 is 0.727 bits per heavy atom. The van der Waals surface area contributed by atoms with Gasteiger partial charge < -0.3 is 30.8 Å². The van der Waals surface area contributed by atoms with Crippen LogP contribution in [0, 0.1) is 0 Å². The van der Waals surface area contributed by atoms with E-state index < -0.39 is 15.6 Å². The molecule has 0 aliphatic heterocycles. The van der Waals surface area contributed by atoms with Gasteiger partial charge in [0.25, 0.3) is 0 Å². The van der Waals surface area contributed by atoms with Gasteiger partial charge in [0.15, 0.2) is 0 Å². The Balaban J connectivity index is -0.0000000457. The minimum Gasteiger partial charge on any atom is -1.00 e. The summed E-state index contributed by atoms with van der Waals surface area (Å²) in [4.78, 5) is 43.1. The molecular weight excluding hydrogens is 197 g/mol. The third-order valence-electron chi connectivity index (χ3n) is 0. The predicted molar refractivity (Wildman–Crippen MR) is 29.6 cm³/mol. The maximum Gasteiger partial charge on any atom is 1.00 e. The molecule has 66 valence electrons. The Kier molecular flexibility index (Phi) is 10.3. The first-order valence-electron chi connectivity index (χ1n) is 1.57. The van der Waals surface area contributed by atoms with Gasteiger partial charge in [-0.05, 0) is 0 Å². The molecule has 0 aliphatic carbocycles. The van der Waals surface area contributed by atoms with Gasteiger partial charge in [-0.1, -0.05) is 0 Å². The van der Waals surface area contributed by atoms with E-state index >= 15 is 0 Å². The van der Waals surface area contributed by atoms with Crippen molar-refractivity contribution in [1.29, 1.82) is 0 Å². The van der Waals surface area contributed by atoms with Gasteiger partial charge in [0.05, 0.1) is 0 Å². The topological polar surface area (TPSA) is 156 Å². The first-order chi connectivity index (χ1) is 4.00. The zero-order valence-electron chi connectivity index (χ0n) is 6.39. The fraction of sp³-hybridized carbons (Fsp3) is 0. The van der Waals surface area contributed by atoms with Crippen LogP contribution in [-0.2, 0) is 9.13 Å². The van der Waals surface area contributed by atoms with Crippen LogP contribution in [0.5, 0.6) is 0 Å². The quantitative estimate of drug-likeness (QED) is 0.169. The van der Waals surface area contributed by atoms with E-state index in [1.807, 2.05) is 0 Å². The van der Waals surface area contributed by atoms with Crippen LogP contribution in [0.2, 0.25) is 0 Å². The molecule has 0 heterocycles. The summed E-state index contributed by atoms with van der Waals surface area (Å²) in [6.45, 7) is 0. The summed E-state index contributed by atoms with van der Waals surface area (Å²) >= 11 is 0. The van der Waals surface area contributed by atoms with Gasteiger partial charge >= 0.3 is 34.5 Å². The molecule has 0 radical (unpaired) electrons. The number of phosphoric acid groups is 2. The largest absolute Gasteiger partial charge is 1.00 e. The summed E-state index contributed by atoms with van der Waals surface area (Å²) in [7, 11) is -9.28. The molecule has 0 unspecified atom stereocenters. The zero-order chi connectivity index (χ0) is 9.00. The van der Waals surface area contributed by atoms with Gasteiger partial charge in [-0.25, -0.2) is 9.13 Å². The second-order valence-electron chi connectivity index (χ2n) is 1.03. The molecule has 6 N–H and O–H groups in total. The van der Waals surface area contributed by atoms with E-state index in [1.165, 1.54) is 0 Å². The van der Waals surface area contributed by atoms with Crippen LogP contribution in [-0.4, -0.2) is 29.4 Å². The number of hydrogen-bond acceptors (Lipinski definition) is 2. The molecule has 0 bridgehead atoms. The Hall–Kier alpha value is 0.817. The van der Waals surface area contributed by atoms with Gasteiger partial charge in [0.2, 0.25) is 0 Å². The van der Waals surface area contributed by atoms with Crippen molar-refractivity contribution < 1.29 is 58.8 Å². The second-order valence-corrected chi connectivity index (χ2v) is 3.08. The molecule has 0 saturated carbocycles. The molecule has 0 rings (SSSR count). The smallest absolute Gasteiger partial charge is 1.00 e. The van der Waals surface area contributed by atoms with Crippen molar-refractivity contribution in [2.24, 2.45) is 0 Å². The van der Waals surface area contributed by atoms with E-state index in [9.17, 15) is 0 Å². The standard InChI is InChI=1S/Li.2H3O4P.H/c;2*1-5(2,3)4;/h;2*(H3,1,2,3,4);/q+1;;;-1. The van der Waals surface area contributed by atoms with Crippen molar-refractivity contribution in [3.8, 4) is 0 Å². The molecular formula is H7LiO8P2. The molecule has 11 heteroatoms. The van der Waals surface area contributed by atoms with Crippen molar-refractivity contribution in [3.63, 3.8) is 0 Å². The van der Waals surface area contributed by atoms with Gasteiger partial charge in [-0.3, -0.25) is 0 Å². The van der Waals surface area contributed by atoms with Crippen LogP contribution in [0.4, 0.5) is 0 Å². The number of hydrogen-bond donors (Lipinski definition) is 6. The van der Waals surface area contributed by atoms with Crippen molar-refractivity contribution in [1.82, 2.24) is 0 Å². The normalized spacial score (nSPS) is 10.7. The minimum absolute atomic E-state index is 0. The van der Waals surface area contributed by atoms with Crippen LogP contribution in [0.25, 0.3) is 0 Å². The SMILES string of the molecule is O=P(O)(O)O.O=P(O)(O)O.[H-].[Li+]. The molecule has 0 aromatic rings. The first kappa shape index (κ1) is 17.8. The molecule has 0 aliphatic rings. The molecule has 0 saturated heterocycles. The number of rotatable bonds is 0. The average molecular weight is 204 g/mol. The van der Waals surface area contributed by atoms with Crippen LogP contribution < -0.4 is 18.9 Å². The summed E-state index contributed by atoms with van der Waals surface area (Å²) in [6.07, 6.45) is 0. The molecule has 0 amide bonds. The Morgan fingerprint density at radius 2 is 0.727 bits per heavy atom. The van der Waals surface area contributed by atoms with Gasteiger partial charge in [-0.2, -0.15) is 0 Å². The molecule has 11 heavy (non-hydrogen) atoms. The zero-order valence-corrected chi connectivity index (χ0v) is 7.18. The minimum atomic E-state index is -4.64. The van der Waals surface area contributed by atoms with E-state index in [0.29, 0.717) is 0 Å². The van der Waals surface area contributed by atoms with Crippen LogP contribution >= 0.6 is 15.6 Å². The third-order valence-corrected chi connectivity index (χ3v) is 0. The summed E-state index contributed by atoms with van der Waals surface area (Å²) in [5, 5.41) is 0. The first-order valence-corrected chi connectivity index (χ1v) is 4.70. The summed E-state index contributed by atoms with van der Waals surface area (Å²) in [5.74, 6) is 0. The maximum absolute atomic E-state index is 8.88. The van der Waals surface area contributed by atoms with Crippen molar-refractivity contribution in [3.05, 3.63) is 0 Å². The van der Waals surface area contributed by atoms with E-state index in [0.717, 1.165) is 0 Å². The third kappa shape index (κ3) is 1260. The van der Waals surface area contributed by atoms with Gasteiger partial charge in [0, 0.05) is 0 Å². The van der Waals surface area contributed by atoms with E-state index in [2.05, 4.69) is 0 Å². The van der Waals surface area contributed by atoms with E-state index in [-0.39, 0.29) is 20.3 Å². The Bertz CT molecular complexity index is 129. The maximum atomic E-state index is 8.88. The molecule has 8 nitrogen and oxygen atoms in total. The second kappa shape index (κ2) is 6.35. The summed E-state index contributed by atoms with van der Waals surface area (Å²) in [5.41, 5.74) is 0. The van der Waals surface area contributed by atoms with Gasteiger partial charge in [0.1, 0.15) is 0 Å². The van der Waals surface area contributed by atoms with E-state index in [1.54, 1.807) is 0 Å².